The highest BCUT2D eigenvalue weighted by Gasteiger charge is 2.09. The van der Waals surface area contributed by atoms with Gasteiger partial charge in [0, 0.05) is 23.9 Å². The Hall–Kier alpha value is -2.36. The fourth-order valence-electron chi connectivity index (χ4n) is 2.32. The molecule has 0 unspecified atom stereocenters. The van der Waals surface area contributed by atoms with Crippen LogP contribution in [0.3, 0.4) is 0 Å². The molecule has 4 heteroatoms. The zero-order valence-electron chi connectivity index (χ0n) is 13.2. The van der Waals surface area contributed by atoms with Gasteiger partial charge in [-0.1, -0.05) is 19.1 Å². The number of carboxylic acid groups (broad SMARTS) is 1. The zero-order valence-corrected chi connectivity index (χ0v) is 13.2. The third kappa shape index (κ3) is 4.32. The van der Waals surface area contributed by atoms with Gasteiger partial charge in [-0.05, 0) is 49.9 Å². The summed E-state index contributed by atoms with van der Waals surface area (Å²) >= 11 is 0. The summed E-state index contributed by atoms with van der Waals surface area (Å²) in [6.07, 6.45) is 2.67. The lowest BCUT2D eigenvalue weighted by molar-refractivity contribution is -0.137. The highest BCUT2D eigenvalue weighted by Crippen LogP contribution is 2.26. The second-order valence-corrected chi connectivity index (χ2v) is 5.67. The maximum atomic E-state index is 10.7. The van der Waals surface area contributed by atoms with Crippen LogP contribution in [0, 0.1) is 19.8 Å². The Balaban J connectivity index is 2.03. The summed E-state index contributed by atoms with van der Waals surface area (Å²) in [5.74, 6) is 0.938. The molecule has 0 amide bonds. The molecule has 0 aliphatic carbocycles. The smallest absolute Gasteiger partial charge is 0.303 e. The van der Waals surface area contributed by atoms with Crippen LogP contribution in [0.15, 0.2) is 36.5 Å². The molecule has 0 aliphatic heterocycles. The molecule has 1 aromatic heterocycles. The maximum absolute atomic E-state index is 10.7. The number of hydrogen-bond acceptors (Lipinski definition) is 3. The number of rotatable bonds is 6. The van der Waals surface area contributed by atoms with Gasteiger partial charge in [0.15, 0.2) is 0 Å². The summed E-state index contributed by atoms with van der Waals surface area (Å²) in [6, 6.07) is 9.65. The molecule has 22 heavy (non-hydrogen) atoms. The van der Waals surface area contributed by atoms with Crippen molar-refractivity contribution in [1.29, 1.82) is 0 Å². The monoisotopic (exact) mass is 299 g/mol. The van der Waals surface area contributed by atoms with E-state index in [1.807, 2.05) is 51.1 Å². The van der Waals surface area contributed by atoms with Crippen LogP contribution in [-0.2, 0) is 11.2 Å². The number of benzene rings is 1. The van der Waals surface area contributed by atoms with Gasteiger partial charge in [-0.3, -0.25) is 9.78 Å². The lowest BCUT2D eigenvalue weighted by atomic mass is 9.98. The van der Waals surface area contributed by atoms with Gasteiger partial charge in [0.25, 0.3) is 0 Å². The Morgan fingerprint density at radius 1 is 1.23 bits per heavy atom. The van der Waals surface area contributed by atoms with Crippen LogP contribution < -0.4 is 4.74 Å². The number of pyridine rings is 1. The number of carboxylic acids is 1. The van der Waals surface area contributed by atoms with Crippen molar-refractivity contribution in [2.75, 3.05) is 0 Å². The van der Waals surface area contributed by atoms with Gasteiger partial charge in [0.05, 0.1) is 0 Å². The number of ether oxygens (including phenoxy) is 1. The summed E-state index contributed by atoms with van der Waals surface area (Å²) in [4.78, 5) is 14.9. The van der Waals surface area contributed by atoms with E-state index in [1.54, 1.807) is 6.20 Å². The van der Waals surface area contributed by atoms with E-state index in [2.05, 4.69) is 4.98 Å². The Kier molecular flexibility index (Phi) is 5.15. The summed E-state index contributed by atoms with van der Waals surface area (Å²) in [7, 11) is 0. The minimum atomic E-state index is -0.754. The summed E-state index contributed by atoms with van der Waals surface area (Å²) in [5, 5.41) is 8.79. The zero-order chi connectivity index (χ0) is 16.1. The molecule has 1 atom stereocenters. The first-order valence-electron chi connectivity index (χ1n) is 7.36. The predicted octanol–water partition coefficient (Wildman–Crippen LogP) is 4.14. The van der Waals surface area contributed by atoms with Crippen molar-refractivity contribution in [2.45, 2.75) is 33.6 Å². The minimum absolute atomic E-state index is 0.120. The van der Waals surface area contributed by atoms with Gasteiger partial charge in [0.1, 0.15) is 11.5 Å². The third-order valence-electron chi connectivity index (χ3n) is 3.66. The van der Waals surface area contributed by atoms with Crippen molar-refractivity contribution in [3.63, 3.8) is 0 Å². The van der Waals surface area contributed by atoms with Crippen molar-refractivity contribution < 1.29 is 14.6 Å². The van der Waals surface area contributed by atoms with E-state index in [0.29, 0.717) is 0 Å². The van der Waals surface area contributed by atoms with Gasteiger partial charge in [-0.15, -0.1) is 0 Å². The van der Waals surface area contributed by atoms with E-state index in [0.717, 1.165) is 34.7 Å². The van der Waals surface area contributed by atoms with Crippen LogP contribution in [0.1, 0.15) is 30.2 Å². The number of hydrogen-bond donors (Lipinski definition) is 1. The van der Waals surface area contributed by atoms with Gasteiger partial charge >= 0.3 is 5.97 Å². The molecule has 0 saturated carbocycles. The summed E-state index contributed by atoms with van der Waals surface area (Å²) in [5.41, 5.74) is 3.10. The Morgan fingerprint density at radius 2 is 1.91 bits per heavy atom. The van der Waals surface area contributed by atoms with E-state index in [-0.39, 0.29) is 12.3 Å². The second kappa shape index (κ2) is 7.07. The lowest BCUT2D eigenvalue weighted by Crippen LogP contribution is -2.06. The number of aliphatic carboxylic acids is 1. The van der Waals surface area contributed by atoms with E-state index in [1.165, 1.54) is 0 Å². The highest BCUT2D eigenvalue weighted by atomic mass is 16.5. The molecule has 0 fully saturated rings. The lowest BCUT2D eigenvalue weighted by Gasteiger charge is -2.12. The quantitative estimate of drug-likeness (QED) is 0.870. The van der Waals surface area contributed by atoms with Gasteiger partial charge in [0.2, 0.25) is 0 Å². The molecule has 116 valence electrons. The van der Waals surface area contributed by atoms with Crippen molar-refractivity contribution in [3.8, 4) is 11.5 Å². The fraction of sp³-hybridized carbons (Fsp3) is 0.333. The molecule has 0 bridgehead atoms. The molecule has 0 radical (unpaired) electrons. The summed E-state index contributed by atoms with van der Waals surface area (Å²) in [6.45, 7) is 5.89. The van der Waals surface area contributed by atoms with Crippen LogP contribution in [0.25, 0.3) is 0 Å². The average molecular weight is 299 g/mol. The normalized spacial score (nSPS) is 12.0. The number of aromatic nitrogens is 1. The van der Waals surface area contributed by atoms with Crippen LogP contribution >= 0.6 is 0 Å². The fourth-order valence-corrected chi connectivity index (χ4v) is 2.32. The van der Waals surface area contributed by atoms with Crippen LogP contribution in [0.4, 0.5) is 0 Å². The minimum Gasteiger partial charge on any atom is -0.481 e. The topological polar surface area (TPSA) is 59.4 Å². The SMILES string of the molecule is Cc1nccc(Oc2ccc(C[C@H](C)CC(=O)O)cc2)c1C. The molecular weight excluding hydrogens is 278 g/mol. The van der Waals surface area contributed by atoms with Crippen molar-refractivity contribution in [2.24, 2.45) is 5.92 Å². The first-order valence-corrected chi connectivity index (χ1v) is 7.36. The van der Waals surface area contributed by atoms with Crippen LogP contribution in [0.5, 0.6) is 11.5 Å². The van der Waals surface area contributed by atoms with E-state index >= 15 is 0 Å². The molecule has 0 saturated heterocycles. The molecule has 2 aromatic rings. The molecule has 1 N–H and O–H groups in total. The standard InChI is InChI=1S/C18H21NO3/c1-12(11-18(20)21)10-15-4-6-16(7-5-15)22-17-8-9-19-14(3)13(17)2/h4-9,12H,10-11H2,1-3H3,(H,20,21)/t12-/m0/s1. The van der Waals surface area contributed by atoms with Crippen molar-refractivity contribution in [1.82, 2.24) is 4.98 Å². The van der Waals surface area contributed by atoms with Crippen LogP contribution in [0.2, 0.25) is 0 Å². The average Bonchev–Trinajstić information content (AvgIpc) is 2.45. The number of aryl methyl sites for hydroxylation is 1. The molecule has 0 spiro atoms. The molecular formula is C18H21NO3. The van der Waals surface area contributed by atoms with E-state index in [9.17, 15) is 4.79 Å². The second-order valence-electron chi connectivity index (χ2n) is 5.67. The third-order valence-corrected chi connectivity index (χ3v) is 3.66. The number of nitrogens with zero attached hydrogens (tertiary/aromatic N) is 1. The maximum Gasteiger partial charge on any atom is 0.303 e. The van der Waals surface area contributed by atoms with Gasteiger partial charge in [-0.2, -0.15) is 0 Å². The van der Waals surface area contributed by atoms with Crippen molar-refractivity contribution >= 4 is 5.97 Å². The van der Waals surface area contributed by atoms with Crippen LogP contribution in [-0.4, -0.2) is 16.1 Å². The van der Waals surface area contributed by atoms with Gasteiger partial charge < -0.3 is 9.84 Å². The van der Waals surface area contributed by atoms with Gasteiger partial charge in [-0.25, -0.2) is 0 Å². The van der Waals surface area contributed by atoms with E-state index in [4.69, 9.17) is 9.84 Å². The first-order chi connectivity index (χ1) is 10.5. The number of carbonyl (C=O) groups is 1. The van der Waals surface area contributed by atoms with Crippen molar-refractivity contribution in [3.05, 3.63) is 53.3 Å². The Labute approximate surface area is 130 Å². The molecule has 1 aromatic carbocycles. The first kappa shape index (κ1) is 16.0. The molecule has 4 nitrogen and oxygen atoms in total. The summed E-state index contributed by atoms with van der Waals surface area (Å²) < 4.78 is 5.88. The Morgan fingerprint density at radius 3 is 2.55 bits per heavy atom. The molecule has 1 heterocycles. The Bertz CT molecular complexity index is 650. The largest absolute Gasteiger partial charge is 0.481 e. The molecule has 0 aliphatic rings. The highest BCUT2D eigenvalue weighted by molar-refractivity contribution is 5.67. The van der Waals surface area contributed by atoms with E-state index < -0.39 is 5.97 Å². The molecule has 2 rings (SSSR count). The predicted molar refractivity (Wildman–Crippen MR) is 85.3 cm³/mol.